The van der Waals surface area contributed by atoms with Crippen LogP contribution in [0.25, 0.3) is 0 Å². The van der Waals surface area contributed by atoms with Gasteiger partial charge in [0.1, 0.15) is 0 Å². The molecule has 0 aliphatic heterocycles. The molecule has 0 bridgehead atoms. The Hall–Kier alpha value is -2.10. The third-order valence-corrected chi connectivity index (χ3v) is 2.79. The minimum Gasteiger partial charge on any atom is -0.422 e. The van der Waals surface area contributed by atoms with E-state index in [0.29, 0.717) is 30.4 Å². The van der Waals surface area contributed by atoms with Crippen molar-refractivity contribution in [3.8, 4) is 11.9 Å². The second kappa shape index (κ2) is 9.82. The van der Waals surface area contributed by atoms with Crippen LogP contribution in [0.5, 0.6) is 5.88 Å². The average molecular weight is 337 g/mol. The van der Waals surface area contributed by atoms with Crippen molar-refractivity contribution in [1.82, 2.24) is 14.9 Å². The first kappa shape index (κ1) is 18.9. The number of ether oxygens (including phenoxy) is 2. The van der Waals surface area contributed by atoms with Crippen LogP contribution in [0.3, 0.4) is 0 Å². The summed E-state index contributed by atoms with van der Waals surface area (Å²) >= 11 is 5.86. The van der Waals surface area contributed by atoms with Crippen LogP contribution in [0.4, 0.5) is 0 Å². The zero-order valence-electron chi connectivity index (χ0n) is 13.8. The molecule has 0 unspecified atom stereocenters. The Bertz CT molecular complexity index is 617. The fourth-order valence-corrected chi connectivity index (χ4v) is 1.60. The van der Waals surface area contributed by atoms with Crippen molar-refractivity contribution in [2.45, 2.75) is 26.9 Å². The molecule has 0 saturated heterocycles. The molecule has 1 heterocycles. The molecule has 0 fully saturated rings. The molecule has 0 saturated carbocycles. The lowest BCUT2D eigenvalue weighted by Gasteiger charge is -2.18. The second-order valence-corrected chi connectivity index (χ2v) is 5.51. The van der Waals surface area contributed by atoms with Crippen molar-refractivity contribution in [1.29, 1.82) is 5.26 Å². The normalized spacial score (nSPS) is 10.9. The summed E-state index contributed by atoms with van der Waals surface area (Å²) in [6, 6.07) is 2.02. The summed E-state index contributed by atoms with van der Waals surface area (Å²) in [5.41, 5.74) is 1.81. The minimum absolute atomic E-state index is 0.0982. The zero-order chi connectivity index (χ0) is 17.2. The lowest BCUT2D eigenvalue weighted by atomic mass is 10.3. The number of hydrogen-bond donors (Lipinski definition) is 0. The van der Waals surface area contributed by atoms with E-state index in [0.717, 1.165) is 5.57 Å². The van der Waals surface area contributed by atoms with Crippen LogP contribution in [0.15, 0.2) is 29.8 Å². The average Bonchev–Trinajstić information content (AvgIpc) is 2.49. The highest BCUT2D eigenvalue weighted by Crippen LogP contribution is 2.21. The molecule has 23 heavy (non-hydrogen) atoms. The molecule has 1 rings (SSSR count). The standard InChI is InChI=1S/C16H21ClN4O2/c1-12(2)6-7-14(21(3)4)23-15-13(10-19-16(17)20-15)11-22-9-5-8-18/h6-7,10H,5,9,11H2,1-4H3/b14-7+. The van der Waals surface area contributed by atoms with Gasteiger partial charge in [0.25, 0.3) is 0 Å². The van der Waals surface area contributed by atoms with Crippen LogP contribution >= 0.6 is 11.6 Å². The minimum atomic E-state index is 0.0982. The Morgan fingerprint density at radius 2 is 2.13 bits per heavy atom. The Kier molecular flexibility index (Phi) is 8.09. The van der Waals surface area contributed by atoms with Crippen LogP contribution in [0.2, 0.25) is 5.28 Å². The quantitative estimate of drug-likeness (QED) is 0.314. The highest BCUT2D eigenvalue weighted by Gasteiger charge is 2.12. The van der Waals surface area contributed by atoms with Gasteiger partial charge in [0.05, 0.1) is 31.3 Å². The van der Waals surface area contributed by atoms with Crippen molar-refractivity contribution in [2.24, 2.45) is 0 Å². The number of halogens is 1. The highest BCUT2D eigenvalue weighted by molar-refractivity contribution is 6.28. The number of allylic oxidation sites excluding steroid dienone is 3. The highest BCUT2D eigenvalue weighted by atomic mass is 35.5. The lowest BCUT2D eigenvalue weighted by molar-refractivity contribution is 0.122. The molecule has 0 N–H and O–H groups in total. The molecule has 0 atom stereocenters. The molecule has 1 aromatic heterocycles. The van der Waals surface area contributed by atoms with Crippen molar-refractivity contribution in [3.63, 3.8) is 0 Å². The van der Waals surface area contributed by atoms with Crippen LogP contribution in [-0.4, -0.2) is 35.6 Å². The molecule has 0 radical (unpaired) electrons. The summed E-state index contributed by atoms with van der Waals surface area (Å²) in [5.74, 6) is 0.948. The van der Waals surface area contributed by atoms with E-state index < -0.39 is 0 Å². The summed E-state index contributed by atoms with van der Waals surface area (Å²) in [7, 11) is 3.74. The summed E-state index contributed by atoms with van der Waals surface area (Å²) in [4.78, 5) is 9.90. The SMILES string of the molecule is CC(C)=C/C=C(/Oc1nc(Cl)ncc1COCCC#N)N(C)C. The zero-order valence-corrected chi connectivity index (χ0v) is 14.6. The van der Waals surface area contributed by atoms with Gasteiger partial charge in [-0.25, -0.2) is 4.98 Å². The molecule has 0 amide bonds. The Labute approximate surface area is 142 Å². The van der Waals surface area contributed by atoms with Crippen LogP contribution in [-0.2, 0) is 11.3 Å². The van der Waals surface area contributed by atoms with Crippen molar-refractivity contribution < 1.29 is 9.47 Å². The van der Waals surface area contributed by atoms with Crippen molar-refractivity contribution in [3.05, 3.63) is 40.7 Å². The van der Waals surface area contributed by atoms with Gasteiger partial charge in [-0.2, -0.15) is 10.2 Å². The molecule has 6 nitrogen and oxygen atoms in total. The predicted octanol–water partition coefficient (Wildman–Crippen LogP) is 3.31. The molecular formula is C16H21ClN4O2. The number of rotatable bonds is 8. The van der Waals surface area contributed by atoms with Gasteiger partial charge >= 0.3 is 0 Å². The molecule has 0 aromatic carbocycles. The number of nitrogens with zero attached hydrogens (tertiary/aromatic N) is 4. The van der Waals surface area contributed by atoms with E-state index >= 15 is 0 Å². The third kappa shape index (κ3) is 7.13. The molecule has 1 aromatic rings. The molecular weight excluding hydrogens is 316 g/mol. The van der Waals surface area contributed by atoms with Gasteiger partial charge in [0.2, 0.25) is 11.2 Å². The largest absolute Gasteiger partial charge is 0.422 e. The van der Waals surface area contributed by atoms with E-state index in [4.69, 9.17) is 26.3 Å². The van der Waals surface area contributed by atoms with E-state index in [1.807, 2.05) is 51.1 Å². The van der Waals surface area contributed by atoms with E-state index in [9.17, 15) is 0 Å². The molecule has 0 spiro atoms. The second-order valence-electron chi connectivity index (χ2n) is 5.18. The number of nitriles is 1. The predicted molar refractivity (Wildman–Crippen MR) is 88.8 cm³/mol. The third-order valence-electron chi connectivity index (χ3n) is 2.61. The molecule has 7 heteroatoms. The lowest BCUT2D eigenvalue weighted by Crippen LogP contribution is -2.17. The monoisotopic (exact) mass is 336 g/mol. The van der Waals surface area contributed by atoms with E-state index in [-0.39, 0.29) is 11.9 Å². The Balaban J connectivity index is 2.95. The van der Waals surface area contributed by atoms with Crippen LogP contribution < -0.4 is 4.74 Å². The van der Waals surface area contributed by atoms with E-state index in [1.165, 1.54) is 0 Å². The first-order chi connectivity index (χ1) is 10.9. The summed E-state index contributed by atoms with van der Waals surface area (Å²) in [5, 5.41) is 8.62. The summed E-state index contributed by atoms with van der Waals surface area (Å²) < 4.78 is 11.3. The maximum absolute atomic E-state index is 8.52. The fraction of sp³-hybridized carbons (Fsp3) is 0.438. The summed E-state index contributed by atoms with van der Waals surface area (Å²) in [6.45, 7) is 4.59. The van der Waals surface area contributed by atoms with Gasteiger partial charge in [-0.05, 0) is 31.5 Å². The van der Waals surface area contributed by atoms with Gasteiger partial charge in [-0.1, -0.05) is 11.6 Å². The van der Waals surface area contributed by atoms with Gasteiger partial charge in [0, 0.05) is 20.3 Å². The first-order valence-corrected chi connectivity index (χ1v) is 7.48. The van der Waals surface area contributed by atoms with Crippen LogP contribution in [0, 0.1) is 11.3 Å². The van der Waals surface area contributed by atoms with E-state index in [1.54, 1.807) is 6.20 Å². The Morgan fingerprint density at radius 1 is 1.39 bits per heavy atom. The van der Waals surface area contributed by atoms with Gasteiger partial charge in [0.15, 0.2) is 5.88 Å². The van der Waals surface area contributed by atoms with Gasteiger partial charge < -0.3 is 14.4 Å². The van der Waals surface area contributed by atoms with Crippen molar-refractivity contribution >= 4 is 11.6 Å². The van der Waals surface area contributed by atoms with Crippen LogP contribution in [0.1, 0.15) is 25.8 Å². The Morgan fingerprint density at radius 3 is 2.74 bits per heavy atom. The van der Waals surface area contributed by atoms with E-state index in [2.05, 4.69) is 9.97 Å². The van der Waals surface area contributed by atoms with Crippen molar-refractivity contribution in [2.75, 3.05) is 20.7 Å². The smallest absolute Gasteiger partial charge is 0.231 e. The maximum Gasteiger partial charge on any atom is 0.231 e. The van der Waals surface area contributed by atoms with Gasteiger partial charge in [-0.3, -0.25) is 0 Å². The number of hydrogen-bond acceptors (Lipinski definition) is 6. The fourth-order valence-electron chi connectivity index (χ4n) is 1.47. The maximum atomic E-state index is 8.52. The summed E-state index contributed by atoms with van der Waals surface area (Å²) in [6.07, 6.45) is 5.69. The molecule has 0 aliphatic carbocycles. The first-order valence-electron chi connectivity index (χ1n) is 7.10. The van der Waals surface area contributed by atoms with Gasteiger partial charge in [-0.15, -0.1) is 0 Å². The molecule has 0 aliphatic rings. The topological polar surface area (TPSA) is 71.3 Å². The number of aromatic nitrogens is 2. The molecule has 124 valence electrons.